The van der Waals surface area contributed by atoms with Gasteiger partial charge in [-0.1, -0.05) is 30.3 Å². The number of ether oxygens (including phenoxy) is 1. The van der Waals surface area contributed by atoms with Gasteiger partial charge in [-0.15, -0.1) is 0 Å². The highest BCUT2D eigenvalue weighted by molar-refractivity contribution is 5.94. The average Bonchev–Trinajstić information content (AvgIpc) is 2.72. The van der Waals surface area contributed by atoms with E-state index in [9.17, 15) is 9.59 Å². The van der Waals surface area contributed by atoms with Crippen LogP contribution in [0, 0.1) is 0 Å². The zero-order chi connectivity index (χ0) is 19.1. The van der Waals surface area contributed by atoms with E-state index in [0.717, 1.165) is 11.1 Å². The highest BCUT2D eigenvalue weighted by atomic mass is 16.5. The minimum absolute atomic E-state index is 0.111. The Bertz CT molecular complexity index is 940. The Morgan fingerprint density at radius 2 is 1.81 bits per heavy atom. The van der Waals surface area contributed by atoms with Crippen LogP contribution in [0.2, 0.25) is 0 Å². The van der Waals surface area contributed by atoms with Crippen molar-refractivity contribution in [1.82, 2.24) is 14.9 Å². The van der Waals surface area contributed by atoms with Crippen LogP contribution in [0.25, 0.3) is 11.3 Å². The Labute approximate surface area is 157 Å². The zero-order valence-electron chi connectivity index (χ0n) is 15.1. The fourth-order valence-corrected chi connectivity index (χ4v) is 2.76. The molecule has 0 aliphatic carbocycles. The topological polar surface area (TPSA) is 75.3 Å². The normalized spacial score (nSPS) is 10.6. The number of methoxy groups -OCH3 is 1. The molecule has 0 unspecified atom stereocenters. The minimum Gasteiger partial charge on any atom is -0.383 e. The molecule has 2 heterocycles. The van der Waals surface area contributed by atoms with Gasteiger partial charge in [0.2, 0.25) is 0 Å². The predicted octanol–water partition coefficient (Wildman–Crippen LogP) is 2.73. The number of pyridine rings is 2. The third kappa shape index (κ3) is 4.68. The summed E-state index contributed by atoms with van der Waals surface area (Å²) < 4.78 is 5.11. The van der Waals surface area contributed by atoms with Crippen LogP contribution in [0.1, 0.15) is 15.9 Å². The van der Waals surface area contributed by atoms with Crippen LogP contribution in [0.15, 0.2) is 71.8 Å². The Hall–Kier alpha value is -3.25. The van der Waals surface area contributed by atoms with Crippen molar-refractivity contribution >= 4 is 5.91 Å². The summed E-state index contributed by atoms with van der Waals surface area (Å²) in [5.74, 6) is -0.329. The smallest absolute Gasteiger partial charge is 0.261 e. The second kappa shape index (κ2) is 8.91. The molecule has 1 amide bonds. The Morgan fingerprint density at radius 1 is 1.07 bits per heavy atom. The SMILES string of the molecule is COCCN(Cc1ccncc1)C(=O)c1ccc(-c2ccccc2)[nH]c1=O. The molecule has 0 saturated carbocycles. The number of H-pyrrole nitrogens is 1. The van der Waals surface area contributed by atoms with E-state index in [1.165, 1.54) is 0 Å². The highest BCUT2D eigenvalue weighted by Crippen LogP contribution is 2.15. The molecule has 1 aromatic carbocycles. The molecule has 2 aromatic heterocycles. The van der Waals surface area contributed by atoms with Crippen molar-refractivity contribution in [2.45, 2.75) is 6.54 Å². The van der Waals surface area contributed by atoms with Crippen molar-refractivity contribution in [3.63, 3.8) is 0 Å². The van der Waals surface area contributed by atoms with E-state index in [-0.39, 0.29) is 11.5 Å². The van der Waals surface area contributed by atoms with Gasteiger partial charge in [0.1, 0.15) is 5.56 Å². The molecular weight excluding hydrogens is 342 g/mol. The van der Waals surface area contributed by atoms with Crippen molar-refractivity contribution in [2.75, 3.05) is 20.3 Å². The van der Waals surface area contributed by atoms with Gasteiger partial charge in [0.25, 0.3) is 11.5 Å². The molecule has 0 spiro atoms. The van der Waals surface area contributed by atoms with E-state index >= 15 is 0 Å². The first-order valence-electron chi connectivity index (χ1n) is 8.65. The number of benzene rings is 1. The fourth-order valence-electron chi connectivity index (χ4n) is 2.76. The van der Waals surface area contributed by atoms with Crippen molar-refractivity contribution in [3.05, 3.63) is 88.5 Å². The second-order valence-corrected chi connectivity index (χ2v) is 6.06. The standard InChI is InChI=1S/C21H21N3O3/c1-27-14-13-24(15-16-9-11-22-12-10-16)21(26)18-7-8-19(23-20(18)25)17-5-3-2-4-6-17/h2-12H,13-15H2,1H3,(H,23,25). The maximum Gasteiger partial charge on any atom is 0.261 e. The van der Waals surface area contributed by atoms with Gasteiger partial charge in [-0.25, -0.2) is 0 Å². The van der Waals surface area contributed by atoms with Crippen molar-refractivity contribution in [1.29, 1.82) is 0 Å². The third-order valence-electron chi connectivity index (χ3n) is 4.20. The third-order valence-corrected chi connectivity index (χ3v) is 4.20. The summed E-state index contributed by atoms with van der Waals surface area (Å²) in [7, 11) is 1.58. The van der Waals surface area contributed by atoms with Crippen LogP contribution in [0.4, 0.5) is 0 Å². The number of hydrogen-bond donors (Lipinski definition) is 1. The van der Waals surface area contributed by atoms with E-state index in [1.54, 1.807) is 36.5 Å². The minimum atomic E-state index is -0.404. The summed E-state index contributed by atoms with van der Waals surface area (Å²) in [4.78, 5) is 33.9. The van der Waals surface area contributed by atoms with Crippen LogP contribution in [-0.4, -0.2) is 41.0 Å². The lowest BCUT2D eigenvalue weighted by Crippen LogP contribution is -2.36. The number of carbonyl (C=O) groups is 1. The molecule has 3 aromatic rings. The molecule has 0 aliphatic rings. The Balaban J connectivity index is 1.85. The molecule has 0 atom stereocenters. The Kier molecular flexibility index (Phi) is 6.12. The summed E-state index contributed by atoms with van der Waals surface area (Å²) in [5, 5.41) is 0. The van der Waals surface area contributed by atoms with Gasteiger partial charge in [0.05, 0.1) is 6.61 Å². The van der Waals surface area contributed by atoms with Gasteiger partial charge in [-0.05, 0) is 35.4 Å². The van der Waals surface area contributed by atoms with E-state index in [2.05, 4.69) is 9.97 Å². The van der Waals surface area contributed by atoms with Crippen LogP contribution in [0.5, 0.6) is 0 Å². The highest BCUT2D eigenvalue weighted by Gasteiger charge is 2.19. The molecule has 0 radical (unpaired) electrons. The molecule has 138 valence electrons. The summed E-state index contributed by atoms with van der Waals surface area (Å²) >= 11 is 0. The van der Waals surface area contributed by atoms with Gasteiger partial charge in [0, 0.05) is 38.3 Å². The first-order chi connectivity index (χ1) is 13.2. The number of rotatable bonds is 7. The number of amides is 1. The first-order valence-corrected chi connectivity index (χ1v) is 8.65. The van der Waals surface area contributed by atoms with E-state index < -0.39 is 5.56 Å². The monoisotopic (exact) mass is 363 g/mol. The van der Waals surface area contributed by atoms with Crippen LogP contribution < -0.4 is 5.56 Å². The van der Waals surface area contributed by atoms with Crippen LogP contribution >= 0.6 is 0 Å². The van der Waals surface area contributed by atoms with Gasteiger partial charge in [-0.2, -0.15) is 0 Å². The van der Waals surface area contributed by atoms with Gasteiger partial charge in [0.15, 0.2) is 0 Å². The lowest BCUT2D eigenvalue weighted by Gasteiger charge is -2.22. The number of nitrogens with zero attached hydrogens (tertiary/aromatic N) is 2. The summed E-state index contributed by atoms with van der Waals surface area (Å²) in [6, 6.07) is 16.5. The predicted molar refractivity (Wildman–Crippen MR) is 103 cm³/mol. The van der Waals surface area contributed by atoms with Gasteiger partial charge < -0.3 is 14.6 Å². The Morgan fingerprint density at radius 3 is 2.48 bits per heavy atom. The molecule has 6 nitrogen and oxygen atoms in total. The molecule has 0 fully saturated rings. The lowest BCUT2D eigenvalue weighted by atomic mass is 10.1. The summed E-state index contributed by atoms with van der Waals surface area (Å²) in [6.07, 6.45) is 3.35. The van der Waals surface area contributed by atoms with Crippen molar-refractivity contribution in [2.24, 2.45) is 0 Å². The quantitative estimate of drug-likeness (QED) is 0.700. The zero-order valence-corrected chi connectivity index (χ0v) is 15.1. The molecule has 0 aliphatic heterocycles. The number of nitrogens with one attached hydrogen (secondary N) is 1. The maximum absolute atomic E-state index is 13.0. The number of carbonyl (C=O) groups excluding carboxylic acids is 1. The van der Waals surface area contributed by atoms with Gasteiger partial charge >= 0.3 is 0 Å². The molecule has 3 rings (SSSR count). The lowest BCUT2D eigenvalue weighted by molar-refractivity contribution is 0.0678. The van der Waals surface area contributed by atoms with E-state index in [1.807, 2.05) is 42.5 Å². The number of hydrogen-bond acceptors (Lipinski definition) is 4. The molecule has 0 bridgehead atoms. The number of aromatic nitrogens is 2. The van der Waals surface area contributed by atoms with E-state index in [0.29, 0.717) is 25.4 Å². The van der Waals surface area contributed by atoms with Crippen LogP contribution in [-0.2, 0) is 11.3 Å². The van der Waals surface area contributed by atoms with E-state index in [4.69, 9.17) is 4.74 Å². The summed E-state index contributed by atoms with van der Waals surface area (Å²) in [5.41, 5.74) is 2.21. The van der Waals surface area contributed by atoms with Crippen molar-refractivity contribution in [3.8, 4) is 11.3 Å². The average molecular weight is 363 g/mol. The number of aromatic amines is 1. The van der Waals surface area contributed by atoms with Crippen LogP contribution in [0.3, 0.4) is 0 Å². The second-order valence-electron chi connectivity index (χ2n) is 6.06. The van der Waals surface area contributed by atoms with Gasteiger partial charge in [-0.3, -0.25) is 14.6 Å². The van der Waals surface area contributed by atoms with Crippen molar-refractivity contribution < 1.29 is 9.53 Å². The first kappa shape index (κ1) is 18.5. The molecular formula is C21H21N3O3. The molecule has 6 heteroatoms. The maximum atomic E-state index is 13.0. The fraction of sp³-hybridized carbons (Fsp3) is 0.190. The largest absolute Gasteiger partial charge is 0.383 e. The molecule has 0 saturated heterocycles. The summed E-state index contributed by atoms with van der Waals surface area (Å²) in [6.45, 7) is 1.15. The molecule has 1 N–H and O–H groups in total. The molecule has 27 heavy (non-hydrogen) atoms.